The summed E-state index contributed by atoms with van der Waals surface area (Å²) in [7, 11) is 2.05. The molecule has 1 aliphatic heterocycles. The Hall–Kier alpha value is -1.03. The van der Waals surface area contributed by atoms with Crippen LogP contribution < -0.4 is 10.2 Å². The zero-order valence-electron chi connectivity index (χ0n) is 12.7. The highest BCUT2D eigenvalue weighted by Crippen LogP contribution is 2.23. The fourth-order valence-electron chi connectivity index (χ4n) is 2.99. The first kappa shape index (κ1) is 14.4. The summed E-state index contributed by atoms with van der Waals surface area (Å²) in [6.45, 7) is 8.91. The minimum atomic E-state index is 0.760. The van der Waals surface area contributed by atoms with Crippen molar-refractivity contribution in [2.75, 3.05) is 31.6 Å². The maximum Gasteiger partial charge on any atom is 0.205 e. The first-order valence-corrected chi connectivity index (χ1v) is 7.74. The lowest BCUT2D eigenvalue weighted by molar-refractivity contribution is 0.396. The van der Waals surface area contributed by atoms with Crippen LogP contribution in [0.25, 0.3) is 0 Å². The molecule has 0 amide bonds. The number of aryl methyl sites for hydroxylation is 2. The van der Waals surface area contributed by atoms with E-state index >= 15 is 0 Å². The van der Waals surface area contributed by atoms with E-state index in [4.69, 9.17) is 4.98 Å². The Bertz CT molecular complexity index is 383. The summed E-state index contributed by atoms with van der Waals surface area (Å²) in [6.07, 6.45) is 7.05. The SMILES string of the molecule is CCCn1cc(CC)nc1N1CCCC(CNC)C1. The van der Waals surface area contributed by atoms with Crippen molar-refractivity contribution in [2.24, 2.45) is 5.92 Å². The molecule has 2 heterocycles. The molecule has 108 valence electrons. The standard InChI is InChI=1S/C15H28N4/c1-4-8-18-12-14(5-2)17-15(18)19-9-6-7-13(11-19)10-16-3/h12-13,16H,4-11H2,1-3H3. The lowest BCUT2D eigenvalue weighted by Gasteiger charge is -2.33. The first-order valence-electron chi connectivity index (χ1n) is 7.74. The highest BCUT2D eigenvalue weighted by molar-refractivity contribution is 5.34. The smallest absolute Gasteiger partial charge is 0.205 e. The number of hydrogen-bond acceptors (Lipinski definition) is 3. The van der Waals surface area contributed by atoms with Crippen LogP contribution in [0, 0.1) is 5.92 Å². The average Bonchev–Trinajstić information content (AvgIpc) is 2.83. The number of aromatic nitrogens is 2. The highest BCUT2D eigenvalue weighted by atomic mass is 15.3. The lowest BCUT2D eigenvalue weighted by atomic mass is 9.98. The molecule has 1 aromatic rings. The second-order valence-corrected chi connectivity index (χ2v) is 5.59. The van der Waals surface area contributed by atoms with Gasteiger partial charge in [0, 0.05) is 25.8 Å². The molecule has 4 heteroatoms. The molecular formula is C15H28N4. The van der Waals surface area contributed by atoms with Gasteiger partial charge in [-0.05, 0) is 45.2 Å². The minimum Gasteiger partial charge on any atom is -0.342 e. The lowest BCUT2D eigenvalue weighted by Crippen LogP contribution is -2.40. The molecular weight excluding hydrogens is 236 g/mol. The molecule has 1 fully saturated rings. The van der Waals surface area contributed by atoms with Gasteiger partial charge in [0.15, 0.2) is 0 Å². The molecule has 0 aliphatic carbocycles. The van der Waals surface area contributed by atoms with E-state index in [2.05, 4.69) is 34.8 Å². The van der Waals surface area contributed by atoms with Gasteiger partial charge in [0.25, 0.3) is 0 Å². The number of rotatable bonds is 6. The minimum absolute atomic E-state index is 0.760. The fourth-order valence-corrected chi connectivity index (χ4v) is 2.99. The molecule has 1 atom stereocenters. The Labute approximate surface area is 117 Å². The van der Waals surface area contributed by atoms with Gasteiger partial charge in [-0.2, -0.15) is 0 Å². The van der Waals surface area contributed by atoms with Crippen LogP contribution in [-0.2, 0) is 13.0 Å². The summed E-state index contributed by atoms with van der Waals surface area (Å²) in [6, 6.07) is 0. The summed E-state index contributed by atoms with van der Waals surface area (Å²) in [5.41, 5.74) is 1.22. The number of hydrogen-bond donors (Lipinski definition) is 1. The fraction of sp³-hybridized carbons (Fsp3) is 0.800. The molecule has 0 saturated carbocycles. The summed E-state index contributed by atoms with van der Waals surface area (Å²) >= 11 is 0. The van der Waals surface area contributed by atoms with Crippen molar-refractivity contribution in [3.8, 4) is 0 Å². The van der Waals surface area contributed by atoms with Crippen LogP contribution in [0.5, 0.6) is 0 Å². The number of piperidine rings is 1. The monoisotopic (exact) mass is 264 g/mol. The molecule has 19 heavy (non-hydrogen) atoms. The van der Waals surface area contributed by atoms with Crippen LogP contribution in [0.15, 0.2) is 6.20 Å². The van der Waals surface area contributed by atoms with Gasteiger partial charge in [0.1, 0.15) is 0 Å². The summed E-state index contributed by atoms with van der Waals surface area (Å²) in [5.74, 6) is 1.95. The van der Waals surface area contributed by atoms with Crippen molar-refractivity contribution < 1.29 is 0 Å². The maximum atomic E-state index is 4.83. The van der Waals surface area contributed by atoms with E-state index in [0.29, 0.717) is 0 Å². The quantitative estimate of drug-likeness (QED) is 0.856. The van der Waals surface area contributed by atoms with E-state index in [1.165, 1.54) is 30.9 Å². The van der Waals surface area contributed by atoms with Crippen molar-refractivity contribution in [3.05, 3.63) is 11.9 Å². The molecule has 0 spiro atoms. The van der Waals surface area contributed by atoms with Crippen molar-refractivity contribution >= 4 is 5.95 Å². The zero-order chi connectivity index (χ0) is 13.7. The predicted octanol–water partition coefficient (Wildman–Crippen LogP) is 2.29. The van der Waals surface area contributed by atoms with Crippen LogP contribution >= 0.6 is 0 Å². The third kappa shape index (κ3) is 3.50. The van der Waals surface area contributed by atoms with Crippen molar-refractivity contribution in [2.45, 2.75) is 46.1 Å². The van der Waals surface area contributed by atoms with Crippen LogP contribution in [0.3, 0.4) is 0 Å². The first-order chi connectivity index (χ1) is 9.28. The molecule has 1 aromatic heterocycles. The Morgan fingerprint density at radius 1 is 1.42 bits per heavy atom. The Morgan fingerprint density at radius 2 is 2.26 bits per heavy atom. The third-order valence-electron chi connectivity index (χ3n) is 3.93. The number of nitrogens with zero attached hydrogens (tertiary/aromatic N) is 3. The molecule has 2 rings (SSSR count). The maximum absolute atomic E-state index is 4.83. The van der Waals surface area contributed by atoms with Crippen LogP contribution in [0.2, 0.25) is 0 Å². The molecule has 1 aliphatic rings. The van der Waals surface area contributed by atoms with Crippen molar-refractivity contribution in [1.29, 1.82) is 0 Å². The Kier molecular flexibility index (Phi) is 5.25. The average molecular weight is 264 g/mol. The van der Waals surface area contributed by atoms with Gasteiger partial charge >= 0.3 is 0 Å². The number of nitrogens with one attached hydrogen (secondary N) is 1. The van der Waals surface area contributed by atoms with Gasteiger partial charge in [-0.25, -0.2) is 4.98 Å². The molecule has 1 unspecified atom stereocenters. The zero-order valence-corrected chi connectivity index (χ0v) is 12.7. The Morgan fingerprint density at radius 3 is 2.95 bits per heavy atom. The number of anilines is 1. The van der Waals surface area contributed by atoms with E-state index in [-0.39, 0.29) is 0 Å². The second-order valence-electron chi connectivity index (χ2n) is 5.59. The molecule has 4 nitrogen and oxygen atoms in total. The molecule has 0 aromatic carbocycles. The van der Waals surface area contributed by atoms with Gasteiger partial charge < -0.3 is 14.8 Å². The topological polar surface area (TPSA) is 33.1 Å². The van der Waals surface area contributed by atoms with Crippen LogP contribution in [-0.4, -0.2) is 36.2 Å². The molecule has 0 bridgehead atoms. The van der Waals surface area contributed by atoms with Gasteiger partial charge in [0.05, 0.1) is 5.69 Å². The van der Waals surface area contributed by atoms with Gasteiger partial charge in [-0.15, -0.1) is 0 Å². The van der Waals surface area contributed by atoms with Crippen molar-refractivity contribution in [3.63, 3.8) is 0 Å². The summed E-state index contributed by atoms with van der Waals surface area (Å²) in [5, 5.41) is 3.31. The van der Waals surface area contributed by atoms with E-state index in [9.17, 15) is 0 Å². The normalized spacial score (nSPS) is 19.9. The van der Waals surface area contributed by atoms with E-state index in [1.54, 1.807) is 0 Å². The third-order valence-corrected chi connectivity index (χ3v) is 3.93. The van der Waals surface area contributed by atoms with E-state index in [0.717, 1.165) is 38.5 Å². The van der Waals surface area contributed by atoms with E-state index in [1.807, 2.05) is 7.05 Å². The number of imidazole rings is 1. The highest BCUT2D eigenvalue weighted by Gasteiger charge is 2.23. The van der Waals surface area contributed by atoms with Crippen LogP contribution in [0.4, 0.5) is 5.95 Å². The van der Waals surface area contributed by atoms with Gasteiger partial charge in [-0.3, -0.25) is 0 Å². The van der Waals surface area contributed by atoms with E-state index < -0.39 is 0 Å². The molecule has 1 N–H and O–H groups in total. The van der Waals surface area contributed by atoms with Gasteiger partial charge in [-0.1, -0.05) is 13.8 Å². The largest absolute Gasteiger partial charge is 0.342 e. The predicted molar refractivity (Wildman–Crippen MR) is 80.8 cm³/mol. The second kappa shape index (κ2) is 6.94. The Balaban J connectivity index is 2.12. The van der Waals surface area contributed by atoms with Gasteiger partial charge in [0.2, 0.25) is 5.95 Å². The summed E-state index contributed by atoms with van der Waals surface area (Å²) in [4.78, 5) is 7.32. The van der Waals surface area contributed by atoms with Crippen molar-refractivity contribution in [1.82, 2.24) is 14.9 Å². The summed E-state index contributed by atoms with van der Waals surface area (Å²) < 4.78 is 2.35. The molecule has 0 radical (unpaired) electrons. The molecule has 1 saturated heterocycles. The van der Waals surface area contributed by atoms with Crippen LogP contribution in [0.1, 0.15) is 38.8 Å².